The Hall–Kier alpha value is -1.02. The van der Waals surface area contributed by atoms with Crippen LogP contribution in [0.15, 0.2) is 29.3 Å². The van der Waals surface area contributed by atoms with Gasteiger partial charge >= 0.3 is 0 Å². The van der Waals surface area contributed by atoms with E-state index in [1.165, 1.54) is 0 Å². The molecule has 1 atom stereocenters. The second-order valence-electron chi connectivity index (χ2n) is 2.35. The van der Waals surface area contributed by atoms with Crippen LogP contribution in [0.4, 0.5) is 5.69 Å². The van der Waals surface area contributed by atoms with Crippen LogP contribution in [0, 0.1) is 0 Å². The minimum Gasteiger partial charge on any atom is -0.346 e. The largest absolute Gasteiger partial charge is 0.346 e. The molecule has 11 heavy (non-hydrogen) atoms. The average Bonchev–Trinajstić information content (AvgIpc) is 2.06. The topological polar surface area (TPSA) is 24.4 Å². The number of benzene rings is 1. The molecule has 0 aromatic heterocycles. The zero-order valence-electron chi connectivity index (χ0n) is 5.79. The van der Waals surface area contributed by atoms with E-state index in [4.69, 9.17) is 11.6 Å². The standard InChI is InChI=1S/C8H7ClN2/c9-8-6-3-1-2-4-7(6)10-5-11-8/h1-5,8H,(H,10,11). The summed E-state index contributed by atoms with van der Waals surface area (Å²) in [5.41, 5.74) is 1.85. The molecule has 3 heteroatoms. The van der Waals surface area contributed by atoms with Crippen molar-refractivity contribution in [2.45, 2.75) is 5.50 Å². The maximum atomic E-state index is 5.91. The smallest absolute Gasteiger partial charge is 0.152 e. The molecule has 1 N–H and O–H groups in total. The third-order valence-corrected chi connectivity index (χ3v) is 1.99. The van der Waals surface area contributed by atoms with E-state index in [9.17, 15) is 0 Å². The summed E-state index contributed by atoms with van der Waals surface area (Å²) >= 11 is 5.91. The van der Waals surface area contributed by atoms with Crippen LogP contribution in [-0.2, 0) is 0 Å². The lowest BCUT2D eigenvalue weighted by Gasteiger charge is -2.15. The quantitative estimate of drug-likeness (QED) is 0.465. The number of rotatable bonds is 0. The average molecular weight is 167 g/mol. The maximum Gasteiger partial charge on any atom is 0.152 e. The normalized spacial score (nSPS) is 20.6. The van der Waals surface area contributed by atoms with Gasteiger partial charge in [-0.1, -0.05) is 29.8 Å². The molecule has 1 aliphatic rings. The Balaban J connectivity index is 2.50. The van der Waals surface area contributed by atoms with Crippen LogP contribution in [0.25, 0.3) is 0 Å². The minimum atomic E-state index is -0.229. The van der Waals surface area contributed by atoms with Gasteiger partial charge in [0, 0.05) is 11.3 Å². The molecule has 1 aliphatic heterocycles. The Kier molecular flexibility index (Phi) is 1.55. The van der Waals surface area contributed by atoms with Crippen molar-refractivity contribution in [3.05, 3.63) is 29.8 Å². The van der Waals surface area contributed by atoms with Crippen molar-refractivity contribution in [2.24, 2.45) is 4.99 Å². The van der Waals surface area contributed by atoms with Crippen LogP contribution in [0.2, 0.25) is 0 Å². The summed E-state index contributed by atoms with van der Waals surface area (Å²) in [4.78, 5) is 4.00. The van der Waals surface area contributed by atoms with Gasteiger partial charge in [-0.05, 0) is 6.07 Å². The number of aliphatic imine (C=N–C) groups is 1. The molecule has 0 spiro atoms. The Bertz CT molecular complexity index is 296. The first-order chi connectivity index (χ1) is 5.38. The number of fused-ring (bicyclic) bond motifs is 1. The lowest BCUT2D eigenvalue weighted by Crippen LogP contribution is -2.06. The predicted octanol–water partition coefficient (Wildman–Crippen LogP) is 2.38. The Labute approximate surface area is 69.9 Å². The molecule has 0 saturated carbocycles. The summed E-state index contributed by atoms with van der Waals surface area (Å²) in [6.07, 6.45) is 1.62. The molecule has 0 aliphatic carbocycles. The second kappa shape index (κ2) is 2.55. The summed E-state index contributed by atoms with van der Waals surface area (Å²) in [5, 5.41) is 3.02. The van der Waals surface area contributed by atoms with Crippen LogP contribution < -0.4 is 5.32 Å². The SMILES string of the molecule is ClC1N=CNc2ccccc21. The van der Waals surface area contributed by atoms with Crippen LogP contribution in [0.5, 0.6) is 0 Å². The van der Waals surface area contributed by atoms with Crippen molar-refractivity contribution in [1.82, 2.24) is 0 Å². The van der Waals surface area contributed by atoms with Crippen molar-refractivity contribution < 1.29 is 0 Å². The first-order valence-electron chi connectivity index (χ1n) is 3.39. The van der Waals surface area contributed by atoms with E-state index in [2.05, 4.69) is 10.3 Å². The number of nitrogens with zero attached hydrogens (tertiary/aromatic N) is 1. The number of hydrogen-bond donors (Lipinski definition) is 1. The molecule has 1 heterocycles. The first-order valence-corrected chi connectivity index (χ1v) is 3.83. The van der Waals surface area contributed by atoms with E-state index in [1.54, 1.807) is 6.34 Å². The van der Waals surface area contributed by atoms with E-state index >= 15 is 0 Å². The third-order valence-electron chi connectivity index (χ3n) is 1.64. The number of halogens is 1. The van der Waals surface area contributed by atoms with Crippen LogP contribution in [0.3, 0.4) is 0 Å². The highest BCUT2D eigenvalue weighted by Gasteiger charge is 2.12. The fourth-order valence-corrected chi connectivity index (χ4v) is 1.34. The number of para-hydroxylation sites is 1. The zero-order chi connectivity index (χ0) is 7.68. The van der Waals surface area contributed by atoms with Gasteiger partial charge in [-0.2, -0.15) is 0 Å². The molecule has 0 saturated heterocycles. The molecule has 1 aromatic carbocycles. The second-order valence-corrected chi connectivity index (χ2v) is 2.76. The Morgan fingerprint density at radius 1 is 1.36 bits per heavy atom. The molecule has 56 valence electrons. The Morgan fingerprint density at radius 3 is 3.00 bits per heavy atom. The molecule has 1 aromatic rings. The first kappa shape index (κ1) is 6.68. The summed E-state index contributed by atoms with van der Waals surface area (Å²) in [6, 6.07) is 7.87. The summed E-state index contributed by atoms with van der Waals surface area (Å²) in [5.74, 6) is 0. The van der Waals surface area contributed by atoms with Crippen molar-refractivity contribution in [3.63, 3.8) is 0 Å². The van der Waals surface area contributed by atoms with Crippen LogP contribution in [-0.4, -0.2) is 6.34 Å². The van der Waals surface area contributed by atoms with Crippen LogP contribution in [0.1, 0.15) is 11.1 Å². The number of hydrogen-bond acceptors (Lipinski definition) is 2. The van der Waals surface area contributed by atoms with Crippen molar-refractivity contribution in [2.75, 3.05) is 5.32 Å². The predicted molar refractivity (Wildman–Crippen MR) is 47.2 cm³/mol. The fraction of sp³-hybridized carbons (Fsp3) is 0.125. The van der Waals surface area contributed by atoms with E-state index < -0.39 is 0 Å². The van der Waals surface area contributed by atoms with Gasteiger partial charge in [0.25, 0.3) is 0 Å². The maximum absolute atomic E-state index is 5.91. The molecule has 0 bridgehead atoms. The fourth-order valence-electron chi connectivity index (χ4n) is 1.09. The molecule has 1 unspecified atom stereocenters. The van der Waals surface area contributed by atoms with Gasteiger partial charge in [0.2, 0.25) is 0 Å². The summed E-state index contributed by atoms with van der Waals surface area (Å²) in [6.45, 7) is 0. The summed E-state index contributed by atoms with van der Waals surface area (Å²) in [7, 11) is 0. The van der Waals surface area contributed by atoms with E-state index in [-0.39, 0.29) is 5.50 Å². The van der Waals surface area contributed by atoms with E-state index in [1.807, 2.05) is 24.3 Å². The molecular formula is C8H7ClN2. The number of alkyl halides is 1. The molecule has 2 nitrogen and oxygen atoms in total. The highest BCUT2D eigenvalue weighted by atomic mass is 35.5. The van der Waals surface area contributed by atoms with Gasteiger partial charge < -0.3 is 5.32 Å². The van der Waals surface area contributed by atoms with Crippen molar-refractivity contribution >= 4 is 23.6 Å². The highest BCUT2D eigenvalue weighted by molar-refractivity contribution is 6.22. The Morgan fingerprint density at radius 2 is 2.18 bits per heavy atom. The lowest BCUT2D eigenvalue weighted by atomic mass is 10.1. The van der Waals surface area contributed by atoms with Gasteiger partial charge in [0.05, 0.1) is 6.34 Å². The minimum absolute atomic E-state index is 0.229. The van der Waals surface area contributed by atoms with Crippen molar-refractivity contribution in [1.29, 1.82) is 0 Å². The van der Waals surface area contributed by atoms with Gasteiger partial charge in [0.1, 0.15) is 0 Å². The van der Waals surface area contributed by atoms with Gasteiger partial charge in [0.15, 0.2) is 5.50 Å². The molecule has 0 amide bonds. The molecule has 2 rings (SSSR count). The zero-order valence-corrected chi connectivity index (χ0v) is 6.55. The number of nitrogens with one attached hydrogen (secondary N) is 1. The highest BCUT2D eigenvalue weighted by Crippen LogP contribution is 2.30. The molecule has 0 radical (unpaired) electrons. The van der Waals surface area contributed by atoms with E-state index in [0.29, 0.717) is 0 Å². The van der Waals surface area contributed by atoms with E-state index in [0.717, 1.165) is 11.3 Å². The van der Waals surface area contributed by atoms with Gasteiger partial charge in [-0.25, -0.2) is 0 Å². The summed E-state index contributed by atoms with van der Waals surface area (Å²) < 4.78 is 0. The lowest BCUT2D eigenvalue weighted by molar-refractivity contribution is 1.01. The monoisotopic (exact) mass is 166 g/mol. The number of anilines is 1. The van der Waals surface area contributed by atoms with Crippen molar-refractivity contribution in [3.8, 4) is 0 Å². The van der Waals surface area contributed by atoms with Gasteiger partial charge in [-0.3, -0.25) is 4.99 Å². The van der Waals surface area contributed by atoms with Crippen LogP contribution >= 0.6 is 11.6 Å². The van der Waals surface area contributed by atoms with Gasteiger partial charge in [-0.15, -0.1) is 0 Å². The molecular weight excluding hydrogens is 160 g/mol. The molecule has 0 fully saturated rings. The third kappa shape index (κ3) is 1.10.